The number of nitrogens with zero attached hydrogens (tertiary/aromatic N) is 4. The molecule has 5 rings (SSSR count). The summed E-state index contributed by atoms with van der Waals surface area (Å²) < 4.78 is 15.6. The molecule has 1 amide bonds. The second-order valence-corrected chi connectivity index (χ2v) is 7.62. The molecule has 2 aromatic carbocycles. The highest BCUT2D eigenvalue weighted by atomic mass is 19.1. The highest BCUT2D eigenvalue weighted by Crippen LogP contribution is 2.32. The molecular formula is C28H29FN6O2. The van der Waals surface area contributed by atoms with Gasteiger partial charge in [0.05, 0.1) is 23.4 Å². The number of aromatic nitrogens is 4. The van der Waals surface area contributed by atoms with E-state index in [1.165, 1.54) is 12.1 Å². The lowest BCUT2D eigenvalue weighted by molar-refractivity contribution is 0.100. The van der Waals surface area contributed by atoms with E-state index >= 15 is 0 Å². The van der Waals surface area contributed by atoms with Gasteiger partial charge in [-0.3, -0.25) is 9.36 Å². The van der Waals surface area contributed by atoms with Gasteiger partial charge in [-0.05, 0) is 60.2 Å². The molecule has 8 nitrogen and oxygen atoms in total. The number of fused-ring (bicyclic) bond motifs is 1. The Bertz CT molecular complexity index is 1550. The number of aliphatic hydroxyl groups is 1. The van der Waals surface area contributed by atoms with E-state index in [2.05, 4.69) is 4.98 Å². The number of hydrogen-bond donors (Lipinski definition) is 3. The van der Waals surface area contributed by atoms with E-state index in [9.17, 15) is 14.3 Å². The highest BCUT2D eigenvalue weighted by Gasteiger charge is 2.20. The number of nitrogen functional groups attached to an aromatic ring is 1. The maximum atomic E-state index is 13.8. The molecule has 0 aliphatic carbocycles. The lowest BCUT2D eigenvalue weighted by Gasteiger charge is -2.11. The number of amides is 1. The van der Waals surface area contributed by atoms with Crippen molar-refractivity contribution in [3.05, 3.63) is 89.9 Å². The maximum Gasteiger partial charge on any atom is 0.249 e. The van der Waals surface area contributed by atoms with Crippen LogP contribution in [0.3, 0.4) is 0 Å². The predicted octanol–water partition coefficient (Wildman–Crippen LogP) is 5.12. The topological polar surface area (TPSA) is 133 Å². The van der Waals surface area contributed by atoms with Crippen molar-refractivity contribution in [3.8, 4) is 28.3 Å². The third-order valence-corrected chi connectivity index (χ3v) is 5.48. The fourth-order valence-electron chi connectivity index (χ4n) is 3.83. The fourth-order valence-corrected chi connectivity index (χ4v) is 3.83. The zero-order valence-corrected chi connectivity index (χ0v) is 19.8. The fraction of sp³-hybridized carbons (Fsp3) is 0.143. The van der Waals surface area contributed by atoms with Gasteiger partial charge in [0, 0.05) is 17.4 Å². The van der Waals surface area contributed by atoms with Crippen LogP contribution in [0.2, 0.25) is 0 Å². The molecular weight excluding hydrogens is 471 g/mol. The Kier molecular flexibility index (Phi) is 8.31. The first-order valence-corrected chi connectivity index (χ1v) is 11.4. The molecule has 0 fully saturated rings. The van der Waals surface area contributed by atoms with E-state index < -0.39 is 11.7 Å². The lowest BCUT2D eigenvalue weighted by atomic mass is 10.0. The van der Waals surface area contributed by atoms with Crippen LogP contribution < -0.4 is 11.5 Å². The number of carbonyl (C=O) groups is 1. The van der Waals surface area contributed by atoms with Crippen LogP contribution in [0.25, 0.3) is 39.5 Å². The highest BCUT2D eigenvalue weighted by molar-refractivity contribution is 6.00. The minimum absolute atomic E-state index is 0. The number of primary amides is 1. The van der Waals surface area contributed by atoms with Gasteiger partial charge in [-0.2, -0.15) is 0 Å². The van der Waals surface area contributed by atoms with Crippen LogP contribution in [0.1, 0.15) is 37.2 Å². The third-order valence-electron chi connectivity index (χ3n) is 5.48. The Morgan fingerprint density at radius 2 is 1.73 bits per heavy atom. The lowest BCUT2D eigenvalue weighted by Crippen LogP contribution is -2.13. The number of imidazole rings is 1. The first-order chi connectivity index (χ1) is 17.5. The molecule has 0 saturated heterocycles. The van der Waals surface area contributed by atoms with Crippen LogP contribution in [-0.4, -0.2) is 30.5 Å². The maximum absolute atomic E-state index is 13.8. The molecule has 0 aliphatic heterocycles. The largest absolute Gasteiger partial charge is 0.392 e. The molecule has 190 valence electrons. The predicted molar refractivity (Wildman–Crippen MR) is 144 cm³/mol. The van der Waals surface area contributed by atoms with E-state index in [1.54, 1.807) is 36.5 Å². The van der Waals surface area contributed by atoms with E-state index in [4.69, 9.17) is 21.4 Å². The molecule has 5 aromatic rings. The summed E-state index contributed by atoms with van der Waals surface area (Å²) in [5.74, 6) is -0.493. The molecule has 0 radical (unpaired) electrons. The van der Waals surface area contributed by atoms with Gasteiger partial charge in [0.25, 0.3) is 0 Å². The minimum atomic E-state index is -0.756. The summed E-state index contributed by atoms with van der Waals surface area (Å²) in [6.07, 6.45) is 1.60. The first-order valence-electron chi connectivity index (χ1n) is 11.4. The van der Waals surface area contributed by atoms with E-state index in [0.717, 1.165) is 17.3 Å². The van der Waals surface area contributed by atoms with Crippen LogP contribution in [0.4, 0.5) is 10.2 Å². The van der Waals surface area contributed by atoms with Crippen molar-refractivity contribution in [3.63, 3.8) is 0 Å². The standard InChI is InChI=1S/C25H19FN6O2.C2H6.CH4/c26-15-5-8-17(19(12-15)23(28)34)20-9-10-21-25(30-20)32(16-6-3-14(13-33)4-7-16)24(31-21)18-2-1-11-29-22(18)27;1-2;/h1-12,33H,13H2,(H2,27,29)(H2,28,34);1-2H3;1H4. The van der Waals surface area contributed by atoms with Crippen molar-refractivity contribution in [1.29, 1.82) is 0 Å². The number of hydrogen-bond acceptors (Lipinski definition) is 6. The summed E-state index contributed by atoms with van der Waals surface area (Å²) in [5.41, 5.74) is 15.7. The Hall–Kier alpha value is -4.63. The quantitative estimate of drug-likeness (QED) is 0.307. The van der Waals surface area contributed by atoms with E-state index in [1.807, 2.05) is 36.6 Å². The Labute approximate surface area is 214 Å². The van der Waals surface area contributed by atoms with Crippen LogP contribution in [0.15, 0.2) is 72.9 Å². The number of benzene rings is 2. The van der Waals surface area contributed by atoms with Crippen molar-refractivity contribution in [1.82, 2.24) is 19.5 Å². The van der Waals surface area contributed by atoms with E-state index in [0.29, 0.717) is 39.6 Å². The summed E-state index contributed by atoms with van der Waals surface area (Å²) >= 11 is 0. The molecule has 0 unspecified atom stereocenters. The van der Waals surface area contributed by atoms with E-state index in [-0.39, 0.29) is 19.6 Å². The number of halogens is 1. The number of pyridine rings is 2. The van der Waals surface area contributed by atoms with Crippen molar-refractivity contribution in [2.24, 2.45) is 5.73 Å². The van der Waals surface area contributed by atoms with Gasteiger partial charge >= 0.3 is 0 Å². The van der Waals surface area contributed by atoms with Crippen LogP contribution in [0, 0.1) is 5.82 Å². The molecule has 0 aliphatic rings. The van der Waals surface area contributed by atoms with Gasteiger partial charge in [-0.1, -0.05) is 33.4 Å². The summed E-state index contributed by atoms with van der Waals surface area (Å²) in [5, 5.41) is 9.43. The van der Waals surface area contributed by atoms with Gasteiger partial charge in [0.15, 0.2) is 11.5 Å². The van der Waals surface area contributed by atoms with Crippen LogP contribution in [0.5, 0.6) is 0 Å². The molecule has 3 aromatic heterocycles. The first kappa shape index (κ1) is 27.0. The van der Waals surface area contributed by atoms with Gasteiger partial charge in [-0.15, -0.1) is 0 Å². The monoisotopic (exact) mass is 500 g/mol. The number of rotatable bonds is 5. The zero-order valence-electron chi connectivity index (χ0n) is 19.8. The molecule has 3 heterocycles. The zero-order chi connectivity index (χ0) is 25.8. The minimum Gasteiger partial charge on any atom is -0.392 e. The second kappa shape index (κ2) is 11.4. The summed E-state index contributed by atoms with van der Waals surface area (Å²) in [7, 11) is 0. The normalized spacial score (nSPS) is 10.4. The molecule has 5 N–H and O–H groups in total. The summed E-state index contributed by atoms with van der Waals surface area (Å²) in [6.45, 7) is 3.91. The van der Waals surface area contributed by atoms with Gasteiger partial charge in [-0.25, -0.2) is 19.3 Å². The Morgan fingerprint density at radius 3 is 2.38 bits per heavy atom. The van der Waals surface area contributed by atoms with Gasteiger partial charge in [0.1, 0.15) is 17.2 Å². The Morgan fingerprint density at radius 1 is 1.00 bits per heavy atom. The SMILES string of the molecule is C.CC.NC(=O)c1cc(F)ccc1-c1ccc2nc(-c3cccnc3N)n(-c3ccc(CO)cc3)c2n1. The number of anilines is 1. The average Bonchev–Trinajstić information content (AvgIpc) is 3.28. The number of nitrogens with two attached hydrogens (primary N) is 2. The second-order valence-electron chi connectivity index (χ2n) is 7.62. The summed E-state index contributed by atoms with van der Waals surface area (Å²) in [4.78, 5) is 25.7. The molecule has 37 heavy (non-hydrogen) atoms. The summed E-state index contributed by atoms with van der Waals surface area (Å²) in [6, 6.07) is 18.1. The van der Waals surface area contributed by atoms with Gasteiger partial charge in [0.2, 0.25) is 5.91 Å². The Balaban J connectivity index is 0.00000124. The molecule has 0 bridgehead atoms. The van der Waals surface area contributed by atoms with Crippen molar-refractivity contribution in [2.75, 3.05) is 5.73 Å². The molecule has 0 saturated carbocycles. The molecule has 0 spiro atoms. The van der Waals surface area contributed by atoms with Crippen LogP contribution in [-0.2, 0) is 6.61 Å². The van der Waals surface area contributed by atoms with Crippen LogP contribution >= 0.6 is 0 Å². The molecule has 0 atom stereocenters. The third kappa shape index (κ3) is 5.17. The van der Waals surface area contributed by atoms with Crippen molar-refractivity contribution >= 4 is 22.9 Å². The van der Waals surface area contributed by atoms with Crippen molar-refractivity contribution < 1.29 is 14.3 Å². The van der Waals surface area contributed by atoms with Crippen molar-refractivity contribution in [2.45, 2.75) is 27.9 Å². The smallest absolute Gasteiger partial charge is 0.249 e. The van der Waals surface area contributed by atoms with Gasteiger partial charge < -0.3 is 16.6 Å². The number of aliphatic hydroxyl groups excluding tert-OH is 1. The number of carbonyl (C=O) groups excluding carboxylic acids is 1. The average molecular weight is 501 g/mol. The molecule has 9 heteroatoms.